The number of hydrogen-bond acceptors (Lipinski definition) is 5. The number of aromatic nitrogens is 1. The molecule has 1 aromatic rings. The van der Waals surface area contributed by atoms with Gasteiger partial charge in [0.15, 0.2) is 0 Å². The molecule has 0 amide bonds. The summed E-state index contributed by atoms with van der Waals surface area (Å²) in [6.45, 7) is 3.08. The van der Waals surface area contributed by atoms with E-state index in [0.717, 1.165) is 38.9 Å². The molecular formula is C17H25N3O3S. The van der Waals surface area contributed by atoms with Crippen molar-refractivity contribution >= 4 is 10.0 Å². The van der Waals surface area contributed by atoms with Gasteiger partial charge in [-0.3, -0.25) is 9.88 Å². The highest BCUT2D eigenvalue weighted by Crippen LogP contribution is 2.39. The van der Waals surface area contributed by atoms with Crippen molar-refractivity contribution in [2.45, 2.75) is 43.2 Å². The fourth-order valence-electron chi connectivity index (χ4n) is 4.24. The van der Waals surface area contributed by atoms with Crippen LogP contribution in [0.2, 0.25) is 0 Å². The molecule has 0 unspecified atom stereocenters. The van der Waals surface area contributed by atoms with Gasteiger partial charge in [-0.15, -0.1) is 0 Å². The Morgan fingerprint density at radius 2 is 2.12 bits per heavy atom. The van der Waals surface area contributed by atoms with Crippen LogP contribution in [0.1, 0.15) is 24.8 Å². The number of nitrogens with zero attached hydrogens (tertiary/aromatic N) is 3. The second-order valence-electron chi connectivity index (χ2n) is 7.20. The zero-order chi connectivity index (χ0) is 16.7. The first-order chi connectivity index (χ1) is 11.6. The van der Waals surface area contributed by atoms with E-state index in [1.165, 1.54) is 5.56 Å². The van der Waals surface area contributed by atoms with Crippen LogP contribution in [-0.2, 0) is 21.3 Å². The molecule has 4 rings (SSSR count). The van der Waals surface area contributed by atoms with E-state index < -0.39 is 10.0 Å². The normalized spacial score (nSPS) is 32.0. The van der Waals surface area contributed by atoms with Crippen molar-refractivity contribution in [1.29, 1.82) is 0 Å². The number of hydrogen-bond donors (Lipinski definition) is 0. The topological polar surface area (TPSA) is 62.7 Å². The van der Waals surface area contributed by atoms with Gasteiger partial charge in [0.2, 0.25) is 10.0 Å². The Morgan fingerprint density at radius 1 is 1.29 bits per heavy atom. The van der Waals surface area contributed by atoms with Gasteiger partial charge in [0.25, 0.3) is 0 Å². The molecule has 0 aromatic carbocycles. The van der Waals surface area contributed by atoms with E-state index in [2.05, 4.69) is 16.0 Å². The Hall–Kier alpha value is -1.02. The minimum atomic E-state index is -3.13. The van der Waals surface area contributed by atoms with Crippen LogP contribution in [0, 0.1) is 5.92 Å². The SMILES string of the molecule is CO[C@H]1CCN(S(=O)(=O)C2CC2)[C@@H]2CN(Cc3cccnc3)C[C@H]12. The fourth-order valence-corrected chi connectivity index (χ4v) is 6.32. The van der Waals surface area contributed by atoms with Crippen molar-refractivity contribution in [3.63, 3.8) is 0 Å². The van der Waals surface area contributed by atoms with Crippen LogP contribution < -0.4 is 0 Å². The van der Waals surface area contributed by atoms with Crippen LogP contribution in [0.5, 0.6) is 0 Å². The lowest BCUT2D eigenvalue weighted by Gasteiger charge is -2.40. The summed E-state index contributed by atoms with van der Waals surface area (Å²) in [7, 11) is -1.39. The third-order valence-corrected chi connectivity index (χ3v) is 8.02. The second kappa shape index (κ2) is 6.37. The first-order valence-electron chi connectivity index (χ1n) is 8.74. The summed E-state index contributed by atoms with van der Waals surface area (Å²) in [6.07, 6.45) is 6.25. The third kappa shape index (κ3) is 2.98. The number of likely N-dealkylation sites (tertiary alicyclic amines) is 1. The first kappa shape index (κ1) is 16.4. The fraction of sp³-hybridized carbons (Fsp3) is 0.706. The molecule has 1 aliphatic carbocycles. The molecular weight excluding hydrogens is 326 g/mol. The molecule has 2 aliphatic heterocycles. The minimum absolute atomic E-state index is 0.0472. The largest absolute Gasteiger partial charge is 0.381 e. The third-order valence-electron chi connectivity index (χ3n) is 5.59. The van der Waals surface area contributed by atoms with Crippen LogP contribution in [0.15, 0.2) is 24.5 Å². The van der Waals surface area contributed by atoms with E-state index in [0.29, 0.717) is 6.54 Å². The highest BCUT2D eigenvalue weighted by Gasteiger charge is 2.51. The molecule has 0 bridgehead atoms. The molecule has 2 saturated heterocycles. The van der Waals surface area contributed by atoms with Gasteiger partial charge in [-0.1, -0.05) is 6.07 Å². The molecule has 3 aliphatic rings. The number of rotatable bonds is 5. The summed E-state index contributed by atoms with van der Waals surface area (Å²) in [5.74, 6) is 0.258. The lowest BCUT2D eigenvalue weighted by atomic mass is 9.91. The lowest BCUT2D eigenvalue weighted by Crippen LogP contribution is -2.54. The zero-order valence-corrected chi connectivity index (χ0v) is 14.9. The summed E-state index contributed by atoms with van der Waals surface area (Å²) < 4.78 is 33.1. The summed E-state index contributed by atoms with van der Waals surface area (Å²) in [6, 6.07) is 4.06. The summed E-state index contributed by atoms with van der Waals surface area (Å²) in [4.78, 5) is 6.52. The van der Waals surface area contributed by atoms with Gasteiger partial charge >= 0.3 is 0 Å². The molecule has 3 heterocycles. The van der Waals surface area contributed by atoms with E-state index >= 15 is 0 Å². The van der Waals surface area contributed by atoms with E-state index in [1.807, 2.05) is 12.3 Å². The Kier molecular flexibility index (Phi) is 4.36. The average Bonchev–Trinajstić information content (AvgIpc) is 3.36. The summed E-state index contributed by atoms with van der Waals surface area (Å²) >= 11 is 0. The van der Waals surface area contributed by atoms with Crippen LogP contribution in [-0.4, -0.2) is 66.7 Å². The molecule has 24 heavy (non-hydrogen) atoms. The molecule has 3 atom stereocenters. The number of pyridine rings is 1. The summed E-state index contributed by atoms with van der Waals surface area (Å²) in [5, 5.41) is -0.135. The molecule has 6 nitrogen and oxygen atoms in total. The Morgan fingerprint density at radius 3 is 2.79 bits per heavy atom. The van der Waals surface area contributed by atoms with Crippen molar-refractivity contribution in [2.75, 3.05) is 26.7 Å². The van der Waals surface area contributed by atoms with E-state index in [9.17, 15) is 8.42 Å². The van der Waals surface area contributed by atoms with Crippen molar-refractivity contribution in [3.05, 3.63) is 30.1 Å². The molecule has 132 valence electrons. The van der Waals surface area contributed by atoms with Gasteiger partial charge in [0.1, 0.15) is 0 Å². The second-order valence-corrected chi connectivity index (χ2v) is 9.37. The van der Waals surface area contributed by atoms with Gasteiger partial charge in [0, 0.05) is 57.6 Å². The van der Waals surface area contributed by atoms with Crippen molar-refractivity contribution in [1.82, 2.24) is 14.2 Å². The Labute approximate surface area is 143 Å². The maximum Gasteiger partial charge on any atom is 0.217 e. The zero-order valence-electron chi connectivity index (χ0n) is 14.0. The lowest BCUT2D eigenvalue weighted by molar-refractivity contribution is 0.00224. The molecule has 1 aromatic heterocycles. The number of fused-ring (bicyclic) bond motifs is 1. The van der Waals surface area contributed by atoms with Gasteiger partial charge in [-0.25, -0.2) is 8.42 Å². The monoisotopic (exact) mass is 351 g/mol. The molecule has 3 fully saturated rings. The maximum atomic E-state index is 12.8. The van der Waals surface area contributed by atoms with Crippen LogP contribution >= 0.6 is 0 Å². The predicted octanol–water partition coefficient (Wildman–Crippen LogP) is 1.09. The standard InChI is InChI=1S/C17H25N3O3S/c1-23-17-6-8-20(24(21,22)14-4-5-14)16-12-19(11-15(16)17)10-13-3-2-7-18-9-13/h2-3,7,9,14-17H,4-6,8,10-12H2,1H3/t15-,16+,17-/m0/s1. The summed E-state index contributed by atoms with van der Waals surface area (Å²) in [5.41, 5.74) is 1.17. The highest BCUT2D eigenvalue weighted by molar-refractivity contribution is 7.90. The molecule has 0 N–H and O–H groups in total. The number of piperidine rings is 1. The first-order valence-corrected chi connectivity index (χ1v) is 10.2. The van der Waals surface area contributed by atoms with Crippen molar-refractivity contribution in [3.8, 4) is 0 Å². The van der Waals surface area contributed by atoms with E-state index in [1.54, 1.807) is 17.6 Å². The predicted molar refractivity (Wildman–Crippen MR) is 90.9 cm³/mol. The van der Waals surface area contributed by atoms with E-state index in [-0.39, 0.29) is 23.3 Å². The van der Waals surface area contributed by atoms with Gasteiger partial charge in [-0.05, 0) is 30.9 Å². The molecule has 0 spiro atoms. The van der Waals surface area contributed by atoms with Crippen molar-refractivity contribution in [2.24, 2.45) is 5.92 Å². The van der Waals surface area contributed by atoms with E-state index in [4.69, 9.17) is 4.74 Å². The van der Waals surface area contributed by atoms with Crippen LogP contribution in [0.4, 0.5) is 0 Å². The Balaban J connectivity index is 1.53. The van der Waals surface area contributed by atoms with Gasteiger partial charge in [-0.2, -0.15) is 4.31 Å². The highest BCUT2D eigenvalue weighted by atomic mass is 32.2. The molecule has 7 heteroatoms. The smallest absolute Gasteiger partial charge is 0.217 e. The Bertz CT molecular complexity index is 678. The van der Waals surface area contributed by atoms with Crippen LogP contribution in [0.3, 0.4) is 0 Å². The van der Waals surface area contributed by atoms with Gasteiger partial charge < -0.3 is 4.74 Å². The van der Waals surface area contributed by atoms with Gasteiger partial charge in [0.05, 0.1) is 11.4 Å². The number of ether oxygens (including phenoxy) is 1. The van der Waals surface area contributed by atoms with Crippen LogP contribution in [0.25, 0.3) is 0 Å². The van der Waals surface area contributed by atoms with Crippen molar-refractivity contribution < 1.29 is 13.2 Å². The quantitative estimate of drug-likeness (QED) is 0.795. The number of methoxy groups -OCH3 is 1. The number of sulfonamides is 1. The average molecular weight is 351 g/mol. The maximum absolute atomic E-state index is 12.8. The molecule has 0 radical (unpaired) electrons. The minimum Gasteiger partial charge on any atom is -0.381 e. The molecule has 1 saturated carbocycles.